The maximum atomic E-state index is 12.6. The lowest BCUT2D eigenvalue weighted by Gasteiger charge is -2.15. The highest BCUT2D eigenvalue weighted by Gasteiger charge is 2.23. The first kappa shape index (κ1) is 22.0. The first-order valence-electron chi connectivity index (χ1n) is 10.4. The molecule has 0 atom stereocenters. The predicted molar refractivity (Wildman–Crippen MR) is 126 cm³/mol. The summed E-state index contributed by atoms with van der Waals surface area (Å²) < 4.78 is 12.5. The molecule has 0 fully saturated rings. The number of rotatable bonds is 7. The van der Waals surface area contributed by atoms with Crippen molar-refractivity contribution in [1.82, 2.24) is 24.5 Å². The second-order valence-corrected chi connectivity index (χ2v) is 7.59. The molecule has 170 valence electrons. The molecule has 0 unspecified atom stereocenters. The highest BCUT2D eigenvalue weighted by Crippen LogP contribution is 2.32. The Morgan fingerprint density at radius 2 is 1.85 bits per heavy atom. The monoisotopic (exact) mass is 447 g/mol. The van der Waals surface area contributed by atoms with E-state index in [0.29, 0.717) is 28.3 Å². The van der Waals surface area contributed by atoms with Gasteiger partial charge in [0.15, 0.2) is 17.3 Å². The van der Waals surface area contributed by atoms with Crippen molar-refractivity contribution in [3.05, 3.63) is 48.7 Å². The fourth-order valence-corrected chi connectivity index (χ4v) is 3.37. The molecule has 10 heteroatoms. The van der Waals surface area contributed by atoms with E-state index < -0.39 is 5.97 Å². The van der Waals surface area contributed by atoms with Crippen LogP contribution in [0.2, 0.25) is 0 Å². The number of esters is 1. The summed E-state index contributed by atoms with van der Waals surface area (Å²) in [5.74, 6) is 0.852. The Hall–Kier alpha value is -4.21. The van der Waals surface area contributed by atoms with Crippen LogP contribution >= 0.6 is 0 Å². The molecule has 0 saturated carbocycles. The van der Waals surface area contributed by atoms with Crippen molar-refractivity contribution in [2.45, 2.75) is 20.0 Å². The minimum Gasteiger partial charge on any atom is -0.491 e. The van der Waals surface area contributed by atoms with Crippen molar-refractivity contribution < 1.29 is 14.3 Å². The van der Waals surface area contributed by atoms with Gasteiger partial charge in [0.05, 0.1) is 36.8 Å². The van der Waals surface area contributed by atoms with Crippen LogP contribution in [0, 0.1) is 0 Å². The SMILES string of the molecule is CNc1nc(Nc2ccc(OC(C)C)cc2)c(C(=O)OC)nc1-c1cncc2c1ncn2C. The number of carbonyl (C=O) groups excluding carboxylic acids is 1. The third kappa shape index (κ3) is 4.40. The van der Waals surface area contributed by atoms with Gasteiger partial charge in [-0.2, -0.15) is 0 Å². The zero-order valence-electron chi connectivity index (χ0n) is 19.1. The van der Waals surface area contributed by atoms with Gasteiger partial charge < -0.3 is 24.7 Å². The lowest BCUT2D eigenvalue weighted by molar-refractivity contribution is 0.0595. The topological polar surface area (TPSA) is 116 Å². The Bertz CT molecular complexity index is 1300. The number of aryl methyl sites for hydroxylation is 1. The van der Waals surface area contributed by atoms with E-state index in [-0.39, 0.29) is 17.6 Å². The number of benzene rings is 1. The van der Waals surface area contributed by atoms with Gasteiger partial charge in [-0.15, -0.1) is 0 Å². The van der Waals surface area contributed by atoms with Crippen molar-refractivity contribution in [2.75, 3.05) is 24.8 Å². The molecule has 4 aromatic rings. The molecule has 33 heavy (non-hydrogen) atoms. The molecule has 0 radical (unpaired) electrons. The first-order valence-corrected chi connectivity index (χ1v) is 10.4. The Morgan fingerprint density at radius 3 is 2.52 bits per heavy atom. The third-order valence-corrected chi connectivity index (χ3v) is 4.89. The summed E-state index contributed by atoms with van der Waals surface area (Å²) >= 11 is 0. The summed E-state index contributed by atoms with van der Waals surface area (Å²) in [7, 11) is 4.92. The van der Waals surface area contributed by atoms with Gasteiger partial charge in [0.25, 0.3) is 0 Å². The normalized spacial score (nSPS) is 11.0. The lowest BCUT2D eigenvalue weighted by Crippen LogP contribution is -2.13. The zero-order chi connectivity index (χ0) is 23.5. The van der Waals surface area contributed by atoms with Gasteiger partial charge in [0.2, 0.25) is 0 Å². The summed E-state index contributed by atoms with van der Waals surface area (Å²) in [6.07, 6.45) is 5.15. The van der Waals surface area contributed by atoms with Crippen LogP contribution in [0.15, 0.2) is 43.0 Å². The standard InChI is InChI=1S/C23H25N7O3/c1-13(2)33-15-8-6-14(7-9-15)27-22-20(23(31)32-5)28-19(21(24-3)29-22)16-10-25-11-17-18(16)26-12-30(17)4/h6-13H,1-5H3,(H2,24,27,29). The second-order valence-electron chi connectivity index (χ2n) is 7.59. The van der Waals surface area contributed by atoms with E-state index in [2.05, 4.69) is 30.6 Å². The number of nitrogens with one attached hydrogen (secondary N) is 2. The highest BCUT2D eigenvalue weighted by atomic mass is 16.5. The van der Waals surface area contributed by atoms with Crippen LogP contribution < -0.4 is 15.4 Å². The predicted octanol–water partition coefficient (Wildman–Crippen LogP) is 3.78. The molecule has 0 bridgehead atoms. The average molecular weight is 447 g/mol. The molecule has 3 aromatic heterocycles. The molecule has 3 heterocycles. The van der Waals surface area contributed by atoms with E-state index in [4.69, 9.17) is 9.47 Å². The summed E-state index contributed by atoms with van der Waals surface area (Å²) in [5, 5.41) is 6.22. The molecule has 0 aliphatic heterocycles. The number of methoxy groups -OCH3 is 1. The molecule has 4 rings (SSSR count). The van der Waals surface area contributed by atoms with Gasteiger partial charge in [-0.05, 0) is 38.1 Å². The number of anilines is 3. The summed E-state index contributed by atoms with van der Waals surface area (Å²) in [6.45, 7) is 3.93. The van der Waals surface area contributed by atoms with Gasteiger partial charge in [0, 0.05) is 26.0 Å². The van der Waals surface area contributed by atoms with E-state index in [1.807, 2.05) is 49.7 Å². The summed E-state index contributed by atoms with van der Waals surface area (Å²) in [4.78, 5) is 30.6. The number of hydrogen-bond acceptors (Lipinski definition) is 9. The van der Waals surface area contributed by atoms with Crippen LogP contribution in [0.1, 0.15) is 24.3 Å². The molecule has 0 saturated heterocycles. The number of aromatic nitrogens is 5. The van der Waals surface area contributed by atoms with E-state index >= 15 is 0 Å². The number of hydrogen-bond donors (Lipinski definition) is 2. The largest absolute Gasteiger partial charge is 0.491 e. The Kier molecular flexibility index (Phi) is 6.07. The molecular formula is C23H25N7O3. The molecule has 0 aliphatic carbocycles. The maximum Gasteiger partial charge on any atom is 0.360 e. The van der Waals surface area contributed by atoms with Crippen molar-refractivity contribution >= 4 is 34.3 Å². The van der Waals surface area contributed by atoms with Crippen LogP contribution in [-0.2, 0) is 11.8 Å². The molecule has 0 aliphatic rings. The van der Waals surface area contributed by atoms with Gasteiger partial charge >= 0.3 is 5.97 Å². The quantitative estimate of drug-likeness (QED) is 0.408. The molecule has 1 aromatic carbocycles. The van der Waals surface area contributed by atoms with Crippen molar-refractivity contribution in [1.29, 1.82) is 0 Å². The van der Waals surface area contributed by atoms with Crippen LogP contribution in [0.3, 0.4) is 0 Å². The smallest absolute Gasteiger partial charge is 0.360 e. The van der Waals surface area contributed by atoms with E-state index in [1.54, 1.807) is 25.8 Å². The Labute approximate surface area is 191 Å². The van der Waals surface area contributed by atoms with Gasteiger partial charge in [-0.1, -0.05) is 0 Å². The van der Waals surface area contributed by atoms with Gasteiger partial charge in [-0.25, -0.2) is 19.7 Å². The first-order chi connectivity index (χ1) is 15.9. The highest BCUT2D eigenvalue weighted by molar-refractivity contribution is 5.98. The molecule has 0 amide bonds. The van der Waals surface area contributed by atoms with Crippen molar-refractivity contribution in [3.8, 4) is 17.0 Å². The van der Waals surface area contributed by atoms with Crippen LogP contribution in [-0.4, -0.2) is 50.7 Å². The van der Waals surface area contributed by atoms with Gasteiger partial charge in [-0.3, -0.25) is 4.98 Å². The number of nitrogens with zero attached hydrogens (tertiary/aromatic N) is 5. The van der Waals surface area contributed by atoms with Crippen molar-refractivity contribution in [3.63, 3.8) is 0 Å². The van der Waals surface area contributed by atoms with Crippen LogP contribution in [0.5, 0.6) is 5.75 Å². The van der Waals surface area contributed by atoms with E-state index in [1.165, 1.54) is 7.11 Å². The number of imidazole rings is 1. The fourth-order valence-electron chi connectivity index (χ4n) is 3.37. The minimum absolute atomic E-state index is 0.0435. The molecule has 2 N–H and O–H groups in total. The fraction of sp³-hybridized carbons (Fsp3) is 0.261. The number of carbonyl (C=O) groups is 1. The Balaban J connectivity index is 1.79. The Morgan fingerprint density at radius 1 is 1.09 bits per heavy atom. The summed E-state index contributed by atoms with van der Waals surface area (Å²) in [5.41, 5.74) is 3.39. The minimum atomic E-state index is -0.616. The van der Waals surface area contributed by atoms with E-state index in [0.717, 1.165) is 11.3 Å². The zero-order valence-corrected chi connectivity index (χ0v) is 19.1. The third-order valence-electron chi connectivity index (χ3n) is 4.89. The second kappa shape index (κ2) is 9.11. The molecule has 10 nitrogen and oxygen atoms in total. The molecular weight excluding hydrogens is 422 g/mol. The number of pyridine rings is 1. The maximum absolute atomic E-state index is 12.6. The average Bonchev–Trinajstić information content (AvgIpc) is 3.20. The molecule has 0 spiro atoms. The van der Waals surface area contributed by atoms with Crippen LogP contribution in [0.4, 0.5) is 17.3 Å². The van der Waals surface area contributed by atoms with Gasteiger partial charge in [0.1, 0.15) is 17.0 Å². The lowest BCUT2D eigenvalue weighted by atomic mass is 10.1. The number of fused-ring (bicyclic) bond motifs is 1. The van der Waals surface area contributed by atoms with Crippen molar-refractivity contribution in [2.24, 2.45) is 7.05 Å². The van der Waals surface area contributed by atoms with E-state index in [9.17, 15) is 4.79 Å². The number of ether oxygens (including phenoxy) is 2. The summed E-state index contributed by atoms with van der Waals surface area (Å²) in [6, 6.07) is 7.36. The van der Waals surface area contributed by atoms with Crippen LogP contribution in [0.25, 0.3) is 22.3 Å².